The molecule has 128 valence electrons. The second kappa shape index (κ2) is 6.10. The number of ether oxygens (including phenoxy) is 1. The minimum Gasteiger partial charge on any atom is -0.496 e. The van der Waals surface area contributed by atoms with Crippen molar-refractivity contribution in [2.75, 3.05) is 7.11 Å². The fourth-order valence-electron chi connectivity index (χ4n) is 4.25. The number of hydrogen-bond acceptors (Lipinski definition) is 3. The van der Waals surface area contributed by atoms with Crippen molar-refractivity contribution in [3.63, 3.8) is 0 Å². The van der Waals surface area contributed by atoms with E-state index in [-0.39, 0.29) is 12.0 Å². The van der Waals surface area contributed by atoms with E-state index in [0.717, 1.165) is 35.6 Å². The van der Waals surface area contributed by atoms with E-state index in [9.17, 15) is 8.42 Å². The molecule has 0 heterocycles. The van der Waals surface area contributed by atoms with E-state index in [1.165, 1.54) is 12.8 Å². The molecule has 2 saturated carbocycles. The van der Waals surface area contributed by atoms with Crippen molar-refractivity contribution in [1.82, 2.24) is 4.72 Å². The van der Waals surface area contributed by atoms with Crippen LogP contribution in [0, 0.1) is 18.8 Å². The highest BCUT2D eigenvalue weighted by Crippen LogP contribution is 2.45. The Hall–Kier alpha value is -1.07. The summed E-state index contributed by atoms with van der Waals surface area (Å²) in [6.07, 6.45) is 4.61. The van der Waals surface area contributed by atoms with Crippen LogP contribution in [-0.4, -0.2) is 21.6 Å². The van der Waals surface area contributed by atoms with Crippen LogP contribution in [0.3, 0.4) is 0 Å². The molecular formula is C18H27NO3S. The fourth-order valence-corrected chi connectivity index (χ4v) is 5.83. The molecule has 1 aromatic carbocycles. The van der Waals surface area contributed by atoms with Gasteiger partial charge in [-0.05, 0) is 67.2 Å². The summed E-state index contributed by atoms with van der Waals surface area (Å²) in [4.78, 5) is 0.393. The van der Waals surface area contributed by atoms with Crippen LogP contribution in [0.2, 0.25) is 0 Å². The van der Waals surface area contributed by atoms with Crippen LogP contribution in [0.5, 0.6) is 5.75 Å². The number of methoxy groups -OCH3 is 1. The summed E-state index contributed by atoms with van der Waals surface area (Å²) < 4.78 is 34.2. The molecule has 23 heavy (non-hydrogen) atoms. The third-order valence-corrected chi connectivity index (χ3v) is 7.12. The maximum atomic E-state index is 12.9. The standard InChI is InChI=1S/C18H27NO3S/c1-11(2)15-10-18(12(3)7-17(15)22-4)23(20,21)19-16-9-13-5-6-14(16)8-13/h7,10-11,13-14,16,19H,5-6,8-9H2,1-4H3. The Morgan fingerprint density at radius 3 is 2.48 bits per heavy atom. The topological polar surface area (TPSA) is 55.4 Å². The molecule has 2 aliphatic carbocycles. The van der Waals surface area contributed by atoms with Gasteiger partial charge in [-0.2, -0.15) is 0 Å². The Bertz CT molecular complexity index is 696. The lowest BCUT2D eigenvalue weighted by molar-refractivity contribution is 0.390. The van der Waals surface area contributed by atoms with Crippen LogP contribution in [0.15, 0.2) is 17.0 Å². The molecule has 3 atom stereocenters. The zero-order chi connectivity index (χ0) is 16.8. The second-order valence-corrected chi connectivity index (χ2v) is 9.10. The zero-order valence-corrected chi connectivity index (χ0v) is 15.2. The van der Waals surface area contributed by atoms with Crippen molar-refractivity contribution in [2.45, 2.75) is 63.3 Å². The van der Waals surface area contributed by atoms with Gasteiger partial charge in [0.15, 0.2) is 0 Å². The molecule has 0 spiro atoms. The Kier molecular flexibility index (Phi) is 4.45. The first-order chi connectivity index (χ1) is 10.8. The van der Waals surface area contributed by atoms with Gasteiger partial charge in [-0.25, -0.2) is 13.1 Å². The third-order valence-electron chi connectivity index (χ3n) is 5.48. The van der Waals surface area contributed by atoms with Gasteiger partial charge in [0.2, 0.25) is 10.0 Å². The van der Waals surface area contributed by atoms with Crippen LogP contribution in [0.4, 0.5) is 0 Å². The fraction of sp³-hybridized carbons (Fsp3) is 0.667. The largest absolute Gasteiger partial charge is 0.496 e. The van der Waals surface area contributed by atoms with Crippen LogP contribution in [0.1, 0.15) is 56.6 Å². The molecule has 0 aliphatic heterocycles. The smallest absolute Gasteiger partial charge is 0.241 e. The summed E-state index contributed by atoms with van der Waals surface area (Å²) in [6, 6.07) is 3.74. The van der Waals surface area contributed by atoms with Gasteiger partial charge in [0.25, 0.3) is 0 Å². The van der Waals surface area contributed by atoms with Gasteiger partial charge in [-0.3, -0.25) is 0 Å². The third kappa shape index (κ3) is 3.13. The lowest BCUT2D eigenvalue weighted by atomic mass is 9.96. The molecule has 3 rings (SSSR count). The SMILES string of the molecule is COc1cc(C)c(S(=O)(=O)NC2CC3CCC2C3)cc1C(C)C. The summed E-state index contributed by atoms with van der Waals surface area (Å²) in [5.41, 5.74) is 1.67. The molecule has 5 heteroatoms. The predicted octanol–water partition coefficient (Wildman–Crippen LogP) is 3.59. The van der Waals surface area contributed by atoms with Crippen LogP contribution < -0.4 is 9.46 Å². The van der Waals surface area contributed by atoms with E-state index in [1.807, 2.05) is 26.8 Å². The Balaban J connectivity index is 1.91. The number of hydrogen-bond donors (Lipinski definition) is 1. The minimum absolute atomic E-state index is 0.114. The van der Waals surface area contributed by atoms with Gasteiger partial charge in [-0.15, -0.1) is 0 Å². The molecule has 0 amide bonds. The van der Waals surface area contributed by atoms with Crippen molar-refractivity contribution in [2.24, 2.45) is 11.8 Å². The molecule has 1 aromatic rings. The van der Waals surface area contributed by atoms with E-state index < -0.39 is 10.0 Å². The number of nitrogens with one attached hydrogen (secondary N) is 1. The van der Waals surface area contributed by atoms with Gasteiger partial charge < -0.3 is 4.74 Å². The van der Waals surface area contributed by atoms with E-state index in [4.69, 9.17) is 4.74 Å². The van der Waals surface area contributed by atoms with E-state index >= 15 is 0 Å². The lowest BCUT2D eigenvalue weighted by Crippen LogP contribution is -2.38. The first kappa shape index (κ1) is 16.8. The highest BCUT2D eigenvalue weighted by Gasteiger charge is 2.41. The van der Waals surface area contributed by atoms with Crippen molar-refractivity contribution in [3.8, 4) is 5.75 Å². The zero-order valence-electron chi connectivity index (χ0n) is 14.4. The molecule has 3 unspecified atom stereocenters. The van der Waals surface area contributed by atoms with Crippen molar-refractivity contribution in [3.05, 3.63) is 23.3 Å². The molecule has 0 radical (unpaired) electrons. The normalized spacial score (nSPS) is 26.9. The molecule has 2 aliphatic rings. The molecule has 0 aromatic heterocycles. The van der Waals surface area contributed by atoms with Crippen LogP contribution in [0.25, 0.3) is 0 Å². The monoisotopic (exact) mass is 337 g/mol. The van der Waals surface area contributed by atoms with Crippen molar-refractivity contribution >= 4 is 10.0 Å². The maximum absolute atomic E-state index is 12.9. The first-order valence-corrected chi connectivity index (χ1v) is 10.0. The molecule has 1 N–H and O–H groups in total. The molecular weight excluding hydrogens is 310 g/mol. The van der Waals surface area contributed by atoms with Gasteiger partial charge in [-0.1, -0.05) is 20.3 Å². The highest BCUT2D eigenvalue weighted by molar-refractivity contribution is 7.89. The van der Waals surface area contributed by atoms with Crippen LogP contribution >= 0.6 is 0 Å². The average molecular weight is 337 g/mol. The van der Waals surface area contributed by atoms with Gasteiger partial charge in [0.05, 0.1) is 12.0 Å². The summed E-state index contributed by atoms with van der Waals surface area (Å²) in [5, 5.41) is 0. The molecule has 4 nitrogen and oxygen atoms in total. The van der Waals surface area contributed by atoms with E-state index in [0.29, 0.717) is 10.8 Å². The number of fused-ring (bicyclic) bond motifs is 2. The number of aryl methyl sites for hydroxylation is 1. The van der Waals surface area contributed by atoms with Crippen molar-refractivity contribution < 1.29 is 13.2 Å². The van der Waals surface area contributed by atoms with E-state index in [2.05, 4.69) is 4.72 Å². The van der Waals surface area contributed by atoms with Gasteiger partial charge >= 0.3 is 0 Å². The number of benzene rings is 1. The number of rotatable bonds is 5. The Morgan fingerprint density at radius 1 is 1.22 bits per heavy atom. The Morgan fingerprint density at radius 2 is 1.96 bits per heavy atom. The average Bonchev–Trinajstić information content (AvgIpc) is 3.08. The molecule has 0 saturated heterocycles. The first-order valence-electron chi connectivity index (χ1n) is 8.52. The highest BCUT2D eigenvalue weighted by atomic mass is 32.2. The quantitative estimate of drug-likeness (QED) is 0.893. The number of sulfonamides is 1. The summed E-state index contributed by atoms with van der Waals surface area (Å²) in [5.74, 6) is 2.21. The molecule has 2 fully saturated rings. The summed E-state index contributed by atoms with van der Waals surface area (Å²) >= 11 is 0. The van der Waals surface area contributed by atoms with E-state index in [1.54, 1.807) is 13.2 Å². The predicted molar refractivity (Wildman–Crippen MR) is 91.4 cm³/mol. The van der Waals surface area contributed by atoms with Gasteiger partial charge in [0.1, 0.15) is 5.75 Å². The van der Waals surface area contributed by atoms with Crippen molar-refractivity contribution in [1.29, 1.82) is 0 Å². The minimum atomic E-state index is -3.48. The van der Waals surface area contributed by atoms with Crippen LogP contribution in [-0.2, 0) is 10.0 Å². The summed E-state index contributed by atoms with van der Waals surface area (Å²) in [6.45, 7) is 5.93. The maximum Gasteiger partial charge on any atom is 0.241 e. The summed E-state index contributed by atoms with van der Waals surface area (Å²) in [7, 11) is -1.86. The second-order valence-electron chi connectivity index (χ2n) is 7.42. The Labute approximate surface area is 139 Å². The van der Waals surface area contributed by atoms with Gasteiger partial charge in [0, 0.05) is 6.04 Å². The lowest BCUT2D eigenvalue weighted by Gasteiger charge is -2.24. The molecule has 2 bridgehead atoms.